The zero-order chi connectivity index (χ0) is 14.1. The summed E-state index contributed by atoms with van der Waals surface area (Å²) in [6.45, 7) is 0. The second-order valence-electron chi connectivity index (χ2n) is 4.77. The third kappa shape index (κ3) is 1.88. The number of hydrogen-bond donors (Lipinski definition) is 1. The van der Waals surface area contributed by atoms with Gasteiger partial charge < -0.3 is 9.88 Å². The molecular weight excluding hydrogens is 248 g/mol. The van der Waals surface area contributed by atoms with E-state index in [2.05, 4.69) is 9.88 Å². The number of aromatic nitrogens is 1. The van der Waals surface area contributed by atoms with Crippen LogP contribution in [0.5, 0.6) is 0 Å². The second kappa shape index (κ2) is 4.85. The fourth-order valence-electron chi connectivity index (χ4n) is 2.59. The predicted octanol–water partition coefficient (Wildman–Crippen LogP) is 3.25. The van der Waals surface area contributed by atoms with E-state index in [-0.39, 0.29) is 5.43 Å². The molecule has 1 aromatic heterocycles. The number of pyridine rings is 1. The first kappa shape index (κ1) is 12.5. The van der Waals surface area contributed by atoms with Crippen molar-refractivity contribution in [3.8, 4) is 11.3 Å². The van der Waals surface area contributed by atoms with E-state index in [0.717, 1.165) is 27.8 Å². The molecule has 3 rings (SSSR count). The van der Waals surface area contributed by atoms with Crippen LogP contribution < -0.4 is 10.7 Å². The van der Waals surface area contributed by atoms with Crippen LogP contribution in [0.2, 0.25) is 0 Å². The second-order valence-corrected chi connectivity index (χ2v) is 4.77. The maximum Gasteiger partial charge on any atom is 0.190 e. The fraction of sp³-hybridized carbons (Fsp3) is 0.118. The van der Waals surface area contributed by atoms with Crippen LogP contribution in [0.3, 0.4) is 0 Å². The Balaban J connectivity index is 2.38. The lowest BCUT2D eigenvalue weighted by molar-refractivity contribution is 0.961. The molecule has 0 amide bonds. The van der Waals surface area contributed by atoms with E-state index in [0.29, 0.717) is 0 Å². The molecule has 0 saturated heterocycles. The largest absolute Gasteiger partial charge is 0.388 e. The summed E-state index contributed by atoms with van der Waals surface area (Å²) in [5.74, 6) is 0. The van der Waals surface area contributed by atoms with Crippen molar-refractivity contribution in [1.82, 2.24) is 4.57 Å². The van der Waals surface area contributed by atoms with E-state index in [9.17, 15) is 4.79 Å². The summed E-state index contributed by atoms with van der Waals surface area (Å²) in [6, 6.07) is 17.4. The van der Waals surface area contributed by atoms with Crippen LogP contribution in [-0.4, -0.2) is 11.6 Å². The van der Waals surface area contributed by atoms with Gasteiger partial charge in [-0.05, 0) is 18.2 Å². The molecular formula is C17H16N2O. The molecule has 0 aliphatic heterocycles. The van der Waals surface area contributed by atoms with E-state index < -0.39 is 0 Å². The Morgan fingerprint density at radius 2 is 1.70 bits per heavy atom. The fourth-order valence-corrected chi connectivity index (χ4v) is 2.59. The molecule has 1 N–H and O–H groups in total. The number of rotatable bonds is 2. The van der Waals surface area contributed by atoms with E-state index in [1.54, 1.807) is 6.07 Å². The first-order chi connectivity index (χ1) is 9.72. The van der Waals surface area contributed by atoms with Gasteiger partial charge in [0, 0.05) is 36.8 Å². The smallest absolute Gasteiger partial charge is 0.190 e. The molecule has 0 bridgehead atoms. The Bertz CT molecular complexity index is 834. The van der Waals surface area contributed by atoms with Crippen LogP contribution in [0.15, 0.2) is 59.4 Å². The zero-order valence-electron chi connectivity index (χ0n) is 11.6. The molecule has 0 unspecified atom stereocenters. The van der Waals surface area contributed by atoms with Crippen molar-refractivity contribution in [3.05, 3.63) is 64.8 Å². The van der Waals surface area contributed by atoms with Crippen LogP contribution >= 0.6 is 0 Å². The third-order valence-corrected chi connectivity index (χ3v) is 3.63. The van der Waals surface area contributed by atoms with Gasteiger partial charge in [-0.3, -0.25) is 4.79 Å². The van der Waals surface area contributed by atoms with E-state index in [4.69, 9.17) is 0 Å². The lowest BCUT2D eigenvalue weighted by atomic mass is 10.1. The average Bonchev–Trinajstić information content (AvgIpc) is 2.51. The molecule has 100 valence electrons. The molecule has 0 fully saturated rings. The molecule has 0 aliphatic carbocycles. The number of fused-ring (bicyclic) bond motifs is 1. The highest BCUT2D eigenvalue weighted by Crippen LogP contribution is 2.28. The Hall–Kier alpha value is -2.55. The molecule has 2 aromatic carbocycles. The highest BCUT2D eigenvalue weighted by molar-refractivity contribution is 5.85. The maximum absolute atomic E-state index is 12.3. The SMILES string of the molecule is CNc1ccccc1-c1cc(=O)c2ccccc2n1C. The predicted molar refractivity (Wildman–Crippen MR) is 84.2 cm³/mol. The summed E-state index contributed by atoms with van der Waals surface area (Å²) >= 11 is 0. The average molecular weight is 264 g/mol. The molecule has 20 heavy (non-hydrogen) atoms. The minimum absolute atomic E-state index is 0.0552. The normalized spacial score (nSPS) is 10.7. The van der Waals surface area contributed by atoms with Crippen molar-refractivity contribution in [2.45, 2.75) is 0 Å². The van der Waals surface area contributed by atoms with Gasteiger partial charge >= 0.3 is 0 Å². The van der Waals surface area contributed by atoms with E-state index in [1.807, 2.05) is 62.6 Å². The van der Waals surface area contributed by atoms with Crippen LogP contribution in [0, 0.1) is 0 Å². The van der Waals surface area contributed by atoms with Gasteiger partial charge in [-0.1, -0.05) is 30.3 Å². The highest BCUT2D eigenvalue weighted by atomic mass is 16.1. The Morgan fingerprint density at radius 1 is 1.00 bits per heavy atom. The van der Waals surface area contributed by atoms with Gasteiger partial charge in [0.2, 0.25) is 0 Å². The van der Waals surface area contributed by atoms with Gasteiger partial charge in [-0.2, -0.15) is 0 Å². The summed E-state index contributed by atoms with van der Waals surface area (Å²) in [5, 5.41) is 3.92. The van der Waals surface area contributed by atoms with Crippen LogP contribution in [0.1, 0.15) is 0 Å². The van der Waals surface area contributed by atoms with Gasteiger partial charge in [0.25, 0.3) is 0 Å². The van der Waals surface area contributed by atoms with Crippen molar-refractivity contribution in [3.63, 3.8) is 0 Å². The molecule has 3 heteroatoms. The van der Waals surface area contributed by atoms with Crippen LogP contribution in [0.4, 0.5) is 5.69 Å². The maximum atomic E-state index is 12.3. The number of nitrogens with one attached hydrogen (secondary N) is 1. The third-order valence-electron chi connectivity index (χ3n) is 3.63. The van der Waals surface area contributed by atoms with Crippen molar-refractivity contribution in [2.75, 3.05) is 12.4 Å². The summed E-state index contributed by atoms with van der Waals surface area (Å²) in [4.78, 5) is 12.3. The number of benzene rings is 2. The first-order valence-electron chi connectivity index (χ1n) is 6.58. The molecule has 3 nitrogen and oxygen atoms in total. The van der Waals surface area contributed by atoms with Crippen molar-refractivity contribution in [2.24, 2.45) is 7.05 Å². The van der Waals surface area contributed by atoms with E-state index in [1.165, 1.54) is 0 Å². The first-order valence-corrected chi connectivity index (χ1v) is 6.58. The highest BCUT2D eigenvalue weighted by Gasteiger charge is 2.10. The number of aryl methyl sites for hydroxylation is 1. The zero-order valence-corrected chi connectivity index (χ0v) is 11.6. The molecule has 0 saturated carbocycles. The van der Waals surface area contributed by atoms with Gasteiger partial charge in [0.15, 0.2) is 5.43 Å². The number of para-hydroxylation sites is 2. The summed E-state index contributed by atoms with van der Waals surface area (Å²) in [6.07, 6.45) is 0. The van der Waals surface area contributed by atoms with E-state index >= 15 is 0 Å². The molecule has 1 heterocycles. The standard InChI is InChI=1S/C17H16N2O/c1-18-14-9-5-3-7-12(14)16-11-17(20)13-8-4-6-10-15(13)19(16)2/h3-11,18H,1-2H3. The lowest BCUT2D eigenvalue weighted by Gasteiger charge is -2.15. The topological polar surface area (TPSA) is 34.0 Å². The minimum atomic E-state index is 0.0552. The van der Waals surface area contributed by atoms with Crippen molar-refractivity contribution < 1.29 is 0 Å². The number of anilines is 1. The van der Waals surface area contributed by atoms with Gasteiger partial charge in [-0.15, -0.1) is 0 Å². The van der Waals surface area contributed by atoms with Gasteiger partial charge in [-0.25, -0.2) is 0 Å². The van der Waals surface area contributed by atoms with Gasteiger partial charge in [0.1, 0.15) is 0 Å². The van der Waals surface area contributed by atoms with Gasteiger partial charge in [0.05, 0.1) is 11.2 Å². The number of nitrogens with zero attached hydrogens (tertiary/aromatic N) is 1. The van der Waals surface area contributed by atoms with Crippen molar-refractivity contribution >= 4 is 16.6 Å². The van der Waals surface area contributed by atoms with Crippen LogP contribution in [-0.2, 0) is 7.05 Å². The molecule has 0 radical (unpaired) electrons. The quantitative estimate of drug-likeness (QED) is 0.771. The van der Waals surface area contributed by atoms with Crippen molar-refractivity contribution in [1.29, 1.82) is 0 Å². The van der Waals surface area contributed by atoms with Crippen LogP contribution in [0.25, 0.3) is 22.2 Å². The lowest BCUT2D eigenvalue weighted by Crippen LogP contribution is -2.09. The summed E-state index contributed by atoms with van der Waals surface area (Å²) < 4.78 is 2.06. The Labute approximate surface area is 117 Å². The molecule has 0 aliphatic rings. The summed E-state index contributed by atoms with van der Waals surface area (Å²) in [5.41, 5.74) is 3.96. The molecule has 0 spiro atoms. The molecule has 0 atom stereocenters. The number of hydrogen-bond acceptors (Lipinski definition) is 2. The summed E-state index contributed by atoms with van der Waals surface area (Å²) in [7, 11) is 3.88. The molecule has 3 aromatic rings. The monoisotopic (exact) mass is 264 g/mol. The minimum Gasteiger partial charge on any atom is -0.388 e. The Kier molecular flexibility index (Phi) is 3.03. The Morgan fingerprint density at radius 3 is 2.50 bits per heavy atom.